The first-order valence-electron chi connectivity index (χ1n) is 5.69. The minimum absolute atomic E-state index is 0.212. The van der Waals surface area contributed by atoms with Crippen LogP contribution in [0.4, 0.5) is 0 Å². The number of aliphatic carboxylic acids is 1. The second-order valence-electron chi connectivity index (χ2n) is 5.35. The molecule has 4 heteroatoms. The fourth-order valence-electron chi connectivity index (χ4n) is 2.79. The highest BCUT2D eigenvalue weighted by Crippen LogP contribution is 2.40. The van der Waals surface area contributed by atoms with Crippen LogP contribution in [0.25, 0.3) is 0 Å². The number of carboxylic acids is 1. The second kappa shape index (κ2) is 3.76. The highest BCUT2D eigenvalue weighted by Gasteiger charge is 2.48. The molecule has 4 nitrogen and oxygen atoms in total. The molecular formula is C11H20N2O2. The summed E-state index contributed by atoms with van der Waals surface area (Å²) in [6.45, 7) is 8.89. The maximum absolute atomic E-state index is 10.6. The van der Waals surface area contributed by atoms with E-state index in [1.54, 1.807) is 0 Å². The first-order chi connectivity index (χ1) is 7.01. The number of carboxylic acid groups (broad SMARTS) is 1. The van der Waals surface area contributed by atoms with Crippen molar-refractivity contribution in [2.75, 3.05) is 32.7 Å². The fourth-order valence-corrected chi connectivity index (χ4v) is 2.79. The van der Waals surface area contributed by atoms with Gasteiger partial charge >= 0.3 is 5.97 Å². The highest BCUT2D eigenvalue weighted by molar-refractivity contribution is 5.69. The zero-order chi connectivity index (χ0) is 11.1. The number of hydrogen-bond donors (Lipinski definition) is 1. The lowest BCUT2D eigenvalue weighted by Gasteiger charge is -2.50. The summed E-state index contributed by atoms with van der Waals surface area (Å²) in [5, 5.41) is 8.72. The molecular weight excluding hydrogens is 192 g/mol. The fraction of sp³-hybridized carbons (Fsp3) is 0.909. The summed E-state index contributed by atoms with van der Waals surface area (Å²) >= 11 is 0. The molecule has 0 saturated carbocycles. The summed E-state index contributed by atoms with van der Waals surface area (Å²) in [6.07, 6.45) is 1.17. The molecule has 0 aromatic heterocycles. The third-order valence-electron chi connectivity index (χ3n) is 3.68. The Morgan fingerprint density at radius 2 is 2.07 bits per heavy atom. The van der Waals surface area contributed by atoms with Crippen LogP contribution in [-0.2, 0) is 4.79 Å². The Morgan fingerprint density at radius 3 is 2.60 bits per heavy atom. The topological polar surface area (TPSA) is 43.8 Å². The van der Waals surface area contributed by atoms with Crippen molar-refractivity contribution in [1.82, 2.24) is 9.80 Å². The van der Waals surface area contributed by atoms with E-state index in [2.05, 4.69) is 23.6 Å². The van der Waals surface area contributed by atoms with Crippen molar-refractivity contribution in [3.8, 4) is 0 Å². The van der Waals surface area contributed by atoms with E-state index in [9.17, 15) is 4.79 Å². The molecule has 0 bridgehead atoms. The normalized spacial score (nSPS) is 26.1. The zero-order valence-electron chi connectivity index (χ0n) is 9.57. The zero-order valence-corrected chi connectivity index (χ0v) is 9.57. The van der Waals surface area contributed by atoms with Gasteiger partial charge in [0.25, 0.3) is 0 Å². The van der Waals surface area contributed by atoms with Crippen LogP contribution >= 0.6 is 0 Å². The lowest BCUT2D eigenvalue weighted by Crippen LogP contribution is -2.59. The summed E-state index contributed by atoms with van der Waals surface area (Å²) in [4.78, 5) is 15.1. The van der Waals surface area contributed by atoms with Crippen molar-refractivity contribution in [1.29, 1.82) is 0 Å². The molecule has 1 spiro atoms. The number of likely N-dealkylation sites (tertiary alicyclic amines) is 2. The molecule has 1 N–H and O–H groups in total. The molecule has 2 aliphatic heterocycles. The van der Waals surface area contributed by atoms with Crippen molar-refractivity contribution in [3.63, 3.8) is 0 Å². The molecule has 0 atom stereocenters. The van der Waals surface area contributed by atoms with Gasteiger partial charge in [0.15, 0.2) is 0 Å². The Kier molecular flexibility index (Phi) is 2.73. The van der Waals surface area contributed by atoms with E-state index in [0.29, 0.717) is 11.5 Å². The minimum atomic E-state index is -0.702. The summed E-state index contributed by atoms with van der Waals surface area (Å²) in [7, 11) is 0. The van der Waals surface area contributed by atoms with Crippen molar-refractivity contribution in [2.45, 2.75) is 26.3 Å². The van der Waals surface area contributed by atoms with Crippen LogP contribution in [-0.4, -0.2) is 59.6 Å². The molecule has 2 heterocycles. The Hall–Kier alpha value is -0.610. The van der Waals surface area contributed by atoms with Crippen LogP contribution in [0.3, 0.4) is 0 Å². The van der Waals surface area contributed by atoms with E-state index >= 15 is 0 Å². The number of carbonyl (C=O) groups is 1. The average molecular weight is 212 g/mol. The van der Waals surface area contributed by atoms with Gasteiger partial charge in [-0.25, -0.2) is 0 Å². The van der Waals surface area contributed by atoms with Crippen LogP contribution in [0.2, 0.25) is 0 Å². The molecule has 0 aromatic carbocycles. The first kappa shape index (κ1) is 10.9. The number of nitrogens with zero attached hydrogens (tertiary/aromatic N) is 2. The Bertz CT molecular complexity index is 259. The Morgan fingerprint density at radius 1 is 1.40 bits per heavy atom. The first-order valence-corrected chi connectivity index (χ1v) is 5.69. The minimum Gasteiger partial charge on any atom is -0.480 e. The molecule has 0 aliphatic carbocycles. The quantitative estimate of drug-likeness (QED) is 0.739. The van der Waals surface area contributed by atoms with E-state index in [0.717, 1.165) is 26.2 Å². The predicted octanol–water partition coefficient (Wildman–Crippen LogP) is 0.487. The SMILES string of the molecule is CC(C)N1CC2(CCN(CC(=O)O)C2)C1. The highest BCUT2D eigenvalue weighted by atomic mass is 16.4. The van der Waals surface area contributed by atoms with Crippen LogP contribution in [0.5, 0.6) is 0 Å². The molecule has 2 fully saturated rings. The van der Waals surface area contributed by atoms with E-state index in [1.807, 2.05) is 0 Å². The molecule has 0 unspecified atom stereocenters. The van der Waals surface area contributed by atoms with Crippen LogP contribution in [0.15, 0.2) is 0 Å². The lowest BCUT2D eigenvalue weighted by molar-refractivity contribution is -0.138. The van der Waals surface area contributed by atoms with Gasteiger partial charge in [0.1, 0.15) is 0 Å². The van der Waals surface area contributed by atoms with Gasteiger partial charge in [0.05, 0.1) is 6.54 Å². The molecule has 2 saturated heterocycles. The maximum atomic E-state index is 10.6. The van der Waals surface area contributed by atoms with Gasteiger partial charge in [0.2, 0.25) is 0 Å². The van der Waals surface area contributed by atoms with E-state index in [1.165, 1.54) is 6.42 Å². The van der Waals surface area contributed by atoms with Crippen molar-refractivity contribution in [2.24, 2.45) is 5.41 Å². The predicted molar refractivity (Wildman–Crippen MR) is 57.8 cm³/mol. The molecule has 86 valence electrons. The van der Waals surface area contributed by atoms with Crippen LogP contribution in [0.1, 0.15) is 20.3 Å². The van der Waals surface area contributed by atoms with Gasteiger partial charge in [0, 0.05) is 31.1 Å². The Balaban J connectivity index is 1.81. The van der Waals surface area contributed by atoms with Gasteiger partial charge in [-0.1, -0.05) is 0 Å². The van der Waals surface area contributed by atoms with Gasteiger partial charge in [-0.05, 0) is 26.8 Å². The van der Waals surface area contributed by atoms with E-state index in [-0.39, 0.29) is 6.54 Å². The van der Waals surface area contributed by atoms with Gasteiger partial charge in [-0.2, -0.15) is 0 Å². The van der Waals surface area contributed by atoms with Crippen LogP contribution < -0.4 is 0 Å². The standard InChI is InChI=1S/C11H20N2O2/c1-9(2)13-7-11(8-13)3-4-12(6-11)5-10(14)15/h9H,3-8H2,1-2H3,(H,14,15). The van der Waals surface area contributed by atoms with Crippen molar-refractivity contribution < 1.29 is 9.90 Å². The van der Waals surface area contributed by atoms with E-state index < -0.39 is 5.97 Å². The number of hydrogen-bond acceptors (Lipinski definition) is 3. The second-order valence-corrected chi connectivity index (χ2v) is 5.35. The third kappa shape index (κ3) is 2.16. The van der Waals surface area contributed by atoms with Gasteiger partial charge < -0.3 is 5.11 Å². The Labute approximate surface area is 90.9 Å². The molecule has 0 amide bonds. The monoisotopic (exact) mass is 212 g/mol. The largest absolute Gasteiger partial charge is 0.480 e. The average Bonchev–Trinajstić information content (AvgIpc) is 2.44. The molecule has 0 radical (unpaired) electrons. The summed E-state index contributed by atoms with van der Waals surface area (Å²) in [5.74, 6) is -0.702. The maximum Gasteiger partial charge on any atom is 0.317 e. The summed E-state index contributed by atoms with van der Waals surface area (Å²) in [5.41, 5.74) is 0.416. The number of rotatable bonds is 3. The van der Waals surface area contributed by atoms with Crippen LogP contribution in [0, 0.1) is 5.41 Å². The summed E-state index contributed by atoms with van der Waals surface area (Å²) in [6, 6.07) is 0.629. The van der Waals surface area contributed by atoms with Gasteiger partial charge in [-0.3, -0.25) is 14.6 Å². The smallest absolute Gasteiger partial charge is 0.317 e. The van der Waals surface area contributed by atoms with Crippen molar-refractivity contribution >= 4 is 5.97 Å². The van der Waals surface area contributed by atoms with E-state index in [4.69, 9.17) is 5.11 Å². The lowest BCUT2D eigenvalue weighted by atomic mass is 9.78. The van der Waals surface area contributed by atoms with Gasteiger partial charge in [-0.15, -0.1) is 0 Å². The van der Waals surface area contributed by atoms with Crippen molar-refractivity contribution in [3.05, 3.63) is 0 Å². The third-order valence-corrected chi connectivity index (χ3v) is 3.68. The molecule has 2 aliphatic rings. The molecule has 0 aromatic rings. The molecule has 15 heavy (non-hydrogen) atoms. The molecule has 2 rings (SSSR count). The summed E-state index contributed by atoms with van der Waals surface area (Å²) < 4.78 is 0.